The largest absolute Gasteiger partial charge is 0.480 e. The molecule has 1 amide bonds. The fraction of sp³-hybridized carbons (Fsp3) is 0.846. The minimum Gasteiger partial charge on any atom is -0.480 e. The smallest absolute Gasteiger partial charge is 0.408 e. The maximum absolute atomic E-state index is 11.6. The van der Waals surface area contributed by atoms with Crippen LogP contribution in [-0.2, 0) is 9.53 Å². The van der Waals surface area contributed by atoms with Gasteiger partial charge in [-0.25, -0.2) is 9.59 Å². The van der Waals surface area contributed by atoms with Gasteiger partial charge in [-0.2, -0.15) is 0 Å². The lowest BCUT2D eigenvalue weighted by atomic mass is 10.1. The van der Waals surface area contributed by atoms with Crippen molar-refractivity contribution in [2.45, 2.75) is 58.6 Å². The van der Waals surface area contributed by atoms with Crippen molar-refractivity contribution in [3.8, 4) is 0 Å². The van der Waals surface area contributed by atoms with Gasteiger partial charge in [-0.1, -0.05) is 19.8 Å². The molecule has 104 valence electrons. The molecule has 0 bridgehead atoms. The molecule has 5 heteroatoms. The Labute approximate surface area is 108 Å². The number of nitrogens with one attached hydrogen (secondary N) is 1. The van der Waals surface area contributed by atoms with Gasteiger partial charge >= 0.3 is 12.1 Å². The van der Waals surface area contributed by atoms with Gasteiger partial charge in [0.25, 0.3) is 0 Å². The molecule has 18 heavy (non-hydrogen) atoms. The van der Waals surface area contributed by atoms with Gasteiger partial charge in [0.15, 0.2) is 0 Å². The van der Waals surface area contributed by atoms with Gasteiger partial charge in [0.2, 0.25) is 0 Å². The fourth-order valence-corrected chi connectivity index (χ4v) is 2.17. The van der Waals surface area contributed by atoms with E-state index < -0.39 is 23.7 Å². The Balaban J connectivity index is 2.50. The van der Waals surface area contributed by atoms with Crippen LogP contribution in [0.25, 0.3) is 0 Å². The predicted molar refractivity (Wildman–Crippen MR) is 67.3 cm³/mol. The van der Waals surface area contributed by atoms with Gasteiger partial charge in [0, 0.05) is 0 Å². The number of hydrogen-bond donors (Lipinski definition) is 2. The molecule has 0 heterocycles. The van der Waals surface area contributed by atoms with E-state index in [-0.39, 0.29) is 5.92 Å². The molecule has 0 aromatic rings. The molecule has 0 aromatic carbocycles. The average molecular weight is 257 g/mol. The summed E-state index contributed by atoms with van der Waals surface area (Å²) in [6.07, 6.45) is 2.28. The molecule has 0 radical (unpaired) electrons. The number of alkyl carbamates (subject to hydrolysis) is 1. The number of carbonyl (C=O) groups excluding carboxylic acids is 1. The molecule has 5 nitrogen and oxygen atoms in total. The number of carboxylic acid groups (broad SMARTS) is 1. The molecule has 0 aliphatic heterocycles. The van der Waals surface area contributed by atoms with Crippen LogP contribution >= 0.6 is 0 Å². The van der Waals surface area contributed by atoms with Gasteiger partial charge in [-0.3, -0.25) is 0 Å². The van der Waals surface area contributed by atoms with E-state index in [4.69, 9.17) is 9.84 Å². The van der Waals surface area contributed by atoms with E-state index in [9.17, 15) is 9.59 Å². The second kappa shape index (κ2) is 5.59. The summed E-state index contributed by atoms with van der Waals surface area (Å²) >= 11 is 0. The number of ether oxygens (including phenoxy) is 1. The van der Waals surface area contributed by atoms with Crippen LogP contribution in [0.2, 0.25) is 0 Å². The fourth-order valence-electron chi connectivity index (χ4n) is 2.17. The Morgan fingerprint density at radius 1 is 1.44 bits per heavy atom. The molecule has 1 rings (SSSR count). The third-order valence-corrected chi connectivity index (χ3v) is 3.00. The first-order valence-corrected chi connectivity index (χ1v) is 6.47. The molecule has 0 aromatic heterocycles. The predicted octanol–water partition coefficient (Wildman–Crippen LogP) is 2.40. The van der Waals surface area contributed by atoms with Crippen LogP contribution in [-0.4, -0.2) is 28.8 Å². The van der Waals surface area contributed by atoms with Gasteiger partial charge in [-0.15, -0.1) is 0 Å². The quantitative estimate of drug-likeness (QED) is 0.793. The molecule has 0 saturated heterocycles. The Hall–Kier alpha value is -1.26. The van der Waals surface area contributed by atoms with Crippen molar-refractivity contribution in [2.75, 3.05) is 0 Å². The maximum atomic E-state index is 11.6. The van der Waals surface area contributed by atoms with E-state index in [0.29, 0.717) is 5.92 Å². The van der Waals surface area contributed by atoms with Gasteiger partial charge in [0.1, 0.15) is 11.6 Å². The highest BCUT2D eigenvalue weighted by Gasteiger charge is 2.46. The standard InChI is InChI=1S/C13H23NO4/c1-5-6-8-7-9(8)10(11(15)16)14-12(17)18-13(2,3)4/h8-10H,5-7H2,1-4H3,(H,14,17)(H,15,16)/t8-,9+,10-/m1/s1. The van der Waals surface area contributed by atoms with Crippen molar-refractivity contribution in [1.29, 1.82) is 0 Å². The van der Waals surface area contributed by atoms with Crippen molar-refractivity contribution in [1.82, 2.24) is 5.32 Å². The summed E-state index contributed by atoms with van der Waals surface area (Å²) in [4.78, 5) is 22.7. The Morgan fingerprint density at radius 3 is 2.50 bits per heavy atom. The Kier molecular flexibility index (Phi) is 4.59. The number of rotatable bonds is 5. The van der Waals surface area contributed by atoms with Crippen LogP contribution < -0.4 is 5.32 Å². The first kappa shape index (κ1) is 14.8. The van der Waals surface area contributed by atoms with Crippen molar-refractivity contribution in [3.05, 3.63) is 0 Å². The molecular weight excluding hydrogens is 234 g/mol. The summed E-state index contributed by atoms with van der Waals surface area (Å²) in [5, 5.41) is 11.6. The first-order chi connectivity index (χ1) is 8.24. The molecule has 0 spiro atoms. The molecule has 3 atom stereocenters. The third-order valence-electron chi connectivity index (χ3n) is 3.00. The highest BCUT2D eigenvalue weighted by molar-refractivity contribution is 5.80. The van der Waals surface area contributed by atoms with Crippen LogP contribution in [0, 0.1) is 11.8 Å². The number of aliphatic carboxylic acids is 1. The first-order valence-electron chi connectivity index (χ1n) is 6.47. The lowest BCUT2D eigenvalue weighted by Crippen LogP contribution is -2.45. The highest BCUT2D eigenvalue weighted by Crippen LogP contribution is 2.44. The zero-order valence-corrected chi connectivity index (χ0v) is 11.5. The maximum Gasteiger partial charge on any atom is 0.408 e. The van der Waals surface area contributed by atoms with Crippen LogP contribution in [0.1, 0.15) is 47.0 Å². The molecule has 1 aliphatic rings. The summed E-state index contributed by atoms with van der Waals surface area (Å²) in [6.45, 7) is 7.32. The van der Waals surface area contributed by atoms with E-state index in [1.807, 2.05) is 0 Å². The molecular formula is C13H23NO4. The summed E-state index contributed by atoms with van der Waals surface area (Å²) < 4.78 is 5.08. The zero-order chi connectivity index (χ0) is 13.9. The van der Waals surface area contributed by atoms with E-state index in [1.165, 1.54) is 0 Å². The third kappa shape index (κ3) is 4.55. The minimum atomic E-state index is -0.982. The number of amides is 1. The van der Waals surface area contributed by atoms with Gasteiger partial charge in [0.05, 0.1) is 0 Å². The van der Waals surface area contributed by atoms with Gasteiger partial charge < -0.3 is 15.2 Å². The second-order valence-corrected chi connectivity index (χ2v) is 5.91. The molecule has 0 unspecified atom stereocenters. The number of carboxylic acids is 1. The van der Waals surface area contributed by atoms with Crippen LogP contribution in [0.15, 0.2) is 0 Å². The zero-order valence-electron chi connectivity index (χ0n) is 11.5. The Morgan fingerprint density at radius 2 is 2.06 bits per heavy atom. The van der Waals surface area contributed by atoms with E-state index in [1.54, 1.807) is 20.8 Å². The monoisotopic (exact) mass is 257 g/mol. The molecule has 1 saturated carbocycles. The highest BCUT2D eigenvalue weighted by atomic mass is 16.6. The van der Waals surface area contributed by atoms with Crippen molar-refractivity contribution in [2.24, 2.45) is 11.8 Å². The topological polar surface area (TPSA) is 75.6 Å². The average Bonchev–Trinajstić information content (AvgIpc) is 2.91. The summed E-state index contributed by atoms with van der Waals surface area (Å²) in [5.74, 6) is -0.509. The molecule has 2 N–H and O–H groups in total. The van der Waals surface area contributed by atoms with Crippen LogP contribution in [0.3, 0.4) is 0 Å². The minimum absolute atomic E-state index is 0.0509. The van der Waals surface area contributed by atoms with Crippen molar-refractivity contribution in [3.63, 3.8) is 0 Å². The van der Waals surface area contributed by atoms with E-state index in [2.05, 4.69) is 12.2 Å². The molecule has 1 aliphatic carbocycles. The summed E-state index contributed by atoms with van der Waals surface area (Å²) in [6, 6.07) is -0.823. The lowest BCUT2D eigenvalue weighted by Gasteiger charge is -2.22. The van der Waals surface area contributed by atoms with E-state index in [0.717, 1.165) is 19.3 Å². The Bertz CT molecular complexity index is 321. The normalized spacial score (nSPS) is 24.2. The lowest BCUT2D eigenvalue weighted by molar-refractivity contribution is -0.140. The number of hydrogen-bond acceptors (Lipinski definition) is 3. The van der Waals surface area contributed by atoms with E-state index >= 15 is 0 Å². The SMILES string of the molecule is CCC[C@@H]1C[C@@H]1[C@@H](NC(=O)OC(C)(C)C)C(=O)O. The van der Waals surface area contributed by atoms with Crippen LogP contribution in [0.5, 0.6) is 0 Å². The molecule has 1 fully saturated rings. The summed E-state index contributed by atoms with van der Waals surface area (Å²) in [5.41, 5.74) is -0.612. The second-order valence-electron chi connectivity index (χ2n) is 5.91. The summed E-state index contributed by atoms with van der Waals surface area (Å²) in [7, 11) is 0. The van der Waals surface area contributed by atoms with Crippen molar-refractivity contribution < 1.29 is 19.4 Å². The van der Waals surface area contributed by atoms with Gasteiger partial charge in [-0.05, 0) is 39.0 Å². The van der Waals surface area contributed by atoms with Crippen LogP contribution in [0.4, 0.5) is 4.79 Å². The number of carbonyl (C=O) groups is 2. The van der Waals surface area contributed by atoms with Crippen molar-refractivity contribution >= 4 is 12.1 Å².